The first kappa shape index (κ1) is 18.7. The zero-order chi connectivity index (χ0) is 20.5. The Balaban J connectivity index is 1.63. The molecule has 0 bridgehead atoms. The minimum Gasteiger partial charge on any atom is -0.480 e. The van der Waals surface area contributed by atoms with Crippen molar-refractivity contribution in [2.45, 2.75) is 18.4 Å². The molecule has 7 nitrogen and oxygen atoms in total. The smallest absolute Gasteiger partial charge is 0.343 e. The third-order valence-electron chi connectivity index (χ3n) is 5.36. The molecule has 1 aliphatic carbocycles. The first-order valence-corrected chi connectivity index (χ1v) is 9.19. The summed E-state index contributed by atoms with van der Waals surface area (Å²) in [5.41, 5.74) is 2.03. The lowest BCUT2D eigenvalue weighted by Crippen LogP contribution is -2.41. The van der Waals surface area contributed by atoms with Gasteiger partial charge in [0.05, 0.1) is 12.7 Å². The number of methoxy groups -OCH3 is 1. The maximum atomic E-state index is 12.7. The number of hydrogen-bond donors (Lipinski definition) is 2. The molecule has 0 unspecified atom stereocenters. The topological polar surface area (TPSA) is 102 Å². The molecular formula is C22H19NO6. The van der Waals surface area contributed by atoms with E-state index in [9.17, 15) is 19.5 Å². The van der Waals surface area contributed by atoms with Crippen LogP contribution in [0.1, 0.15) is 38.6 Å². The number of esters is 2. The number of carbonyl (C=O) groups is 3. The number of carboxylic acid groups (broad SMARTS) is 1. The number of carboxylic acids is 1. The van der Waals surface area contributed by atoms with E-state index in [2.05, 4.69) is 5.32 Å². The number of allylic oxidation sites excluding steroid dienone is 2. The summed E-state index contributed by atoms with van der Waals surface area (Å²) in [7, 11) is 1.26. The second-order valence-corrected chi connectivity index (χ2v) is 6.99. The van der Waals surface area contributed by atoms with Crippen molar-refractivity contribution in [3.8, 4) is 5.75 Å². The summed E-state index contributed by atoms with van der Waals surface area (Å²) < 4.78 is 10.2. The molecule has 0 fully saturated rings. The predicted octanol–water partition coefficient (Wildman–Crippen LogP) is 3.23. The fourth-order valence-corrected chi connectivity index (χ4v) is 3.96. The van der Waals surface area contributed by atoms with Crippen molar-refractivity contribution in [3.63, 3.8) is 0 Å². The van der Waals surface area contributed by atoms with E-state index in [1.54, 1.807) is 30.3 Å². The summed E-state index contributed by atoms with van der Waals surface area (Å²) in [5, 5.41) is 12.6. The summed E-state index contributed by atoms with van der Waals surface area (Å²) >= 11 is 0. The Morgan fingerprint density at radius 1 is 1.10 bits per heavy atom. The molecule has 2 aromatic rings. The average molecular weight is 393 g/mol. The number of carbonyl (C=O) groups excluding carboxylic acids is 2. The first-order chi connectivity index (χ1) is 14.0. The maximum absolute atomic E-state index is 12.7. The summed E-state index contributed by atoms with van der Waals surface area (Å²) in [6.45, 7) is 0. The van der Waals surface area contributed by atoms with E-state index in [4.69, 9.17) is 9.47 Å². The fraction of sp³-hybridized carbons (Fsp3) is 0.227. The molecule has 29 heavy (non-hydrogen) atoms. The van der Waals surface area contributed by atoms with Crippen LogP contribution in [0.3, 0.4) is 0 Å². The van der Waals surface area contributed by atoms with E-state index in [1.165, 1.54) is 19.2 Å². The summed E-state index contributed by atoms with van der Waals surface area (Å²) in [5.74, 6) is -2.17. The van der Waals surface area contributed by atoms with E-state index in [0.717, 1.165) is 5.56 Å². The van der Waals surface area contributed by atoms with Gasteiger partial charge in [-0.25, -0.2) is 14.4 Å². The van der Waals surface area contributed by atoms with Crippen LogP contribution in [0, 0.1) is 5.92 Å². The molecule has 3 atom stereocenters. The fourth-order valence-electron chi connectivity index (χ4n) is 3.96. The largest absolute Gasteiger partial charge is 0.480 e. The molecule has 7 heteroatoms. The van der Waals surface area contributed by atoms with Gasteiger partial charge >= 0.3 is 17.9 Å². The highest BCUT2D eigenvalue weighted by molar-refractivity contribution is 5.96. The van der Waals surface area contributed by atoms with Crippen LogP contribution in [-0.2, 0) is 9.53 Å². The molecule has 1 heterocycles. The van der Waals surface area contributed by atoms with Crippen molar-refractivity contribution < 1.29 is 29.0 Å². The zero-order valence-corrected chi connectivity index (χ0v) is 15.6. The number of hydrogen-bond acceptors (Lipinski definition) is 6. The quantitative estimate of drug-likeness (QED) is 0.467. The van der Waals surface area contributed by atoms with E-state index in [1.807, 2.05) is 12.2 Å². The molecule has 1 aliphatic heterocycles. The number of ether oxygens (including phenoxy) is 2. The van der Waals surface area contributed by atoms with Gasteiger partial charge in [-0.05, 0) is 42.3 Å². The Bertz CT molecular complexity index is 1030. The zero-order valence-electron chi connectivity index (χ0n) is 15.6. The molecule has 0 spiro atoms. The van der Waals surface area contributed by atoms with E-state index >= 15 is 0 Å². The maximum Gasteiger partial charge on any atom is 0.343 e. The number of rotatable bonds is 4. The lowest BCUT2D eigenvalue weighted by molar-refractivity contribution is -0.139. The van der Waals surface area contributed by atoms with Gasteiger partial charge in [0, 0.05) is 17.5 Å². The Hall–Kier alpha value is -3.61. The lowest BCUT2D eigenvalue weighted by atomic mass is 9.79. The highest BCUT2D eigenvalue weighted by Crippen LogP contribution is 2.44. The number of para-hydroxylation sites is 1. The van der Waals surface area contributed by atoms with Gasteiger partial charge in [-0.3, -0.25) is 0 Å². The van der Waals surface area contributed by atoms with Crippen LogP contribution in [-0.4, -0.2) is 36.2 Å². The minimum absolute atomic E-state index is 0.0811. The van der Waals surface area contributed by atoms with Crippen LogP contribution >= 0.6 is 0 Å². The van der Waals surface area contributed by atoms with Crippen molar-refractivity contribution in [2.75, 3.05) is 12.4 Å². The molecule has 0 saturated heterocycles. The Kier molecular flexibility index (Phi) is 4.80. The van der Waals surface area contributed by atoms with E-state index < -0.39 is 23.9 Å². The van der Waals surface area contributed by atoms with Gasteiger partial charge in [0.1, 0.15) is 17.4 Å². The molecule has 4 rings (SSSR count). The third-order valence-corrected chi connectivity index (χ3v) is 5.36. The van der Waals surface area contributed by atoms with Crippen LogP contribution in [0.25, 0.3) is 0 Å². The minimum atomic E-state index is -0.891. The second-order valence-electron chi connectivity index (χ2n) is 6.99. The standard InChI is InChI=1S/C22H19NO6/c1-28-22(27)15-5-2-3-8-18(15)29-21(26)12-9-10-17-16(11-12)13-6-4-7-14(13)19(23-17)20(24)25/h2-6,8-11,13-14,19,23H,7H2,1H3,(H,24,25)/t13-,14+,19+/m1/s1. The Labute approximate surface area is 166 Å². The number of aliphatic carboxylic acids is 1. The van der Waals surface area contributed by atoms with Gasteiger partial charge in [-0.1, -0.05) is 24.3 Å². The van der Waals surface area contributed by atoms with Crippen LogP contribution in [0.5, 0.6) is 5.75 Å². The highest BCUT2D eigenvalue weighted by atomic mass is 16.5. The predicted molar refractivity (Wildman–Crippen MR) is 104 cm³/mol. The van der Waals surface area contributed by atoms with Crippen molar-refractivity contribution in [1.29, 1.82) is 0 Å². The van der Waals surface area contributed by atoms with Crippen LogP contribution < -0.4 is 10.1 Å². The molecule has 0 amide bonds. The molecule has 148 valence electrons. The first-order valence-electron chi connectivity index (χ1n) is 9.19. The molecular weight excluding hydrogens is 374 g/mol. The van der Waals surface area contributed by atoms with E-state index in [0.29, 0.717) is 17.7 Å². The number of anilines is 1. The Morgan fingerprint density at radius 2 is 1.90 bits per heavy atom. The monoisotopic (exact) mass is 393 g/mol. The normalized spacial score (nSPS) is 21.5. The number of fused-ring (bicyclic) bond motifs is 3. The van der Waals surface area contributed by atoms with Gasteiger partial charge < -0.3 is 19.9 Å². The summed E-state index contributed by atoms with van der Waals surface area (Å²) in [4.78, 5) is 36.2. The molecule has 2 aromatic carbocycles. The van der Waals surface area contributed by atoms with Gasteiger partial charge in [0.15, 0.2) is 0 Å². The van der Waals surface area contributed by atoms with Crippen LogP contribution in [0.2, 0.25) is 0 Å². The van der Waals surface area contributed by atoms with Crippen LogP contribution in [0.4, 0.5) is 5.69 Å². The second kappa shape index (κ2) is 7.43. The number of nitrogens with one attached hydrogen (secondary N) is 1. The molecule has 2 aliphatic rings. The van der Waals surface area contributed by atoms with E-state index in [-0.39, 0.29) is 23.1 Å². The van der Waals surface area contributed by atoms with Crippen molar-refractivity contribution >= 4 is 23.6 Å². The molecule has 0 radical (unpaired) electrons. The summed E-state index contributed by atoms with van der Waals surface area (Å²) in [6.07, 6.45) is 4.62. The molecule has 0 aromatic heterocycles. The third kappa shape index (κ3) is 3.35. The van der Waals surface area contributed by atoms with Gasteiger partial charge in [-0.2, -0.15) is 0 Å². The van der Waals surface area contributed by atoms with Crippen LogP contribution in [0.15, 0.2) is 54.6 Å². The van der Waals surface area contributed by atoms with Gasteiger partial charge in [-0.15, -0.1) is 0 Å². The lowest BCUT2D eigenvalue weighted by Gasteiger charge is -2.34. The van der Waals surface area contributed by atoms with Gasteiger partial charge in [0.2, 0.25) is 0 Å². The summed E-state index contributed by atoms with van der Waals surface area (Å²) in [6, 6.07) is 10.7. The highest BCUT2D eigenvalue weighted by Gasteiger charge is 2.41. The number of benzene rings is 2. The molecule has 2 N–H and O–H groups in total. The SMILES string of the molecule is COC(=O)c1ccccc1OC(=O)c1ccc2c(c1)[C@@H]1C=CC[C@@H]1[C@@H](C(=O)O)N2. The van der Waals surface area contributed by atoms with Crippen molar-refractivity contribution in [1.82, 2.24) is 0 Å². The Morgan fingerprint density at radius 3 is 2.66 bits per heavy atom. The van der Waals surface area contributed by atoms with Crippen molar-refractivity contribution in [2.24, 2.45) is 5.92 Å². The molecule has 0 saturated carbocycles. The average Bonchev–Trinajstić information content (AvgIpc) is 3.22. The van der Waals surface area contributed by atoms with Crippen molar-refractivity contribution in [3.05, 3.63) is 71.3 Å². The van der Waals surface area contributed by atoms with Gasteiger partial charge in [0.25, 0.3) is 0 Å².